The van der Waals surface area contributed by atoms with Gasteiger partial charge < -0.3 is 23.6 Å². The number of nitrogens with zero attached hydrogens (tertiary/aromatic N) is 3. The van der Waals surface area contributed by atoms with Gasteiger partial charge in [-0.15, -0.1) is 8.78 Å². The fourth-order valence-corrected chi connectivity index (χ4v) is 5.24. The molecule has 0 bridgehead atoms. The number of hydrogen-bond donors (Lipinski definition) is 0. The first-order valence-electron chi connectivity index (χ1n) is 12.8. The monoisotopic (exact) mass is 525 g/mol. The molecule has 38 heavy (non-hydrogen) atoms. The fourth-order valence-electron chi connectivity index (χ4n) is 5.24. The van der Waals surface area contributed by atoms with Crippen LogP contribution in [0.15, 0.2) is 53.1 Å². The standard InChI is InChI=1S/C28H29F2N3O5/c1-26(2,3)37-25(34)33(20-15-19(20)17-8-5-4-6-9-17)16-27(12-7-13-27)24-31-23(38-32-24)18-10-11-21-22(14-18)36-28(29,30)35-21/h4-6,8-11,14,19-20H,7,12-13,15-16H2,1-3H3. The highest BCUT2D eigenvalue weighted by Crippen LogP contribution is 2.50. The third-order valence-corrected chi connectivity index (χ3v) is 7.35. The lowest BCUT2D eigenvalue weighted by atomic mass is 9.67. The van der Waals surface area contributed by atoms with Crippen molar-refractivity contribution in [2.24, 2.45) is 0 Å². The van der Waals surface area contributed by atoms with Crippen LogP contribution in [0.3, 0.4) is 0 Å². The number of carbonyl (C=O) groups is 1. The molecule has 0 N–H and O–H groups in total. The molecule has 2 aliphatic carbocycles. The van der Waals surface area contributed by atoms with Crippen LogP contribution in [0.25, 0.3) is 11.5 Å². The number of ether oxygens (including phenoxy) is 3. The summed E-state index contributed by atoms with van der Waals surface area (Å²) in [4.78, 5) is 19.9. The lowest BCUT2D eigenvalue weighted by Crippen LogP contribution is -2.50. The molecule has 1 aliphatic heterocycles. The SMILES string of the molecule is CC(C)(C)OC(=O)N(CC1(c2noc(-c3ccc4c(c3)OC(F)(F)O4)n2)CCC1)C1CC1c1ccccc1. The van der Waals surface area contributed by atoms with E-state index < -0.39 is 17.3 Å². The van der Waals surface area contributed by atoms with Crippen LogP contribution in [0.5, 0.6) is 11.5 Å². The molecule has 8 nitrogen and oxygen atoms in total. The molecule has 2 saturated carbocycles. The van der Waals surface area contributed by atoms with Gasteiger partial charge in [-0.3, -0.25) is 0 Å². The van der Waals surface area contributed by atoms with Crippen LogP contribution in [-0.4, -0.2) is 45.6 Å². The highest BCUT2D eigenvalue weighted by Gasteiger charge is 2.52. The first-order chi connectivity index (χ1) is 18.0. The Hall–Kier alpha value is -3.69. The van der Waals surface area contributed by atoms with Gasteiger partial charge in [0, 0.05) is 24.1 Å². The summed E-state index contributed by atoms with van der Waals surface area (Å²) in [6.45, 7) is 5.98. The summed E-state index contributed by atoms with van der Waals surface area (Å²) in [5, 5.41) is 4.27. The molecule has 1 aromatic heterocycles. The number of alkyl halides is 2. The highest BCUT2D eigenvalue weighted by atomic mass is 19.3. The molecule has 2 heterocycles. The van der Waals surface area contributed by atoms with Crippen molar-refractivity contribution in [3.05, 3.63) is 59.9 Å². The molecule has 2 fully saturated rings. The summed E-state index contributed by atoms with van der Waals surface area (Å²) >= 11 is 0. The Kier molecular flexibility index (Phi) is 5.62. The van der Waals surface area contributed by atoms with Gasteiger partial charge in [0.05, 0.1) is 5.41 Å². The maximum absolute atomic E-state index is 13.4. The Morgan fingerprint density at radius 3 is 2.53 bits per heavy atom. The molecular formula is C28H29F2N3O5. The molecule has 1 amide bonds. The van der Waals surface area contributed by atoms with Crippen molar-refractivity contribution in [2.45, 2.75) is 75.7 Å². The van der Waals surface area contributed by atoms with Crippen molar-refractivity contribution >= 4 is 6.09 Å². The Labute approximate surface area is 218 Å². The lowest BCUT2D eigenvalue weighted by Gasteiger charge is -2.43. The summed E-state index contributed by atoms with van der Waals surface area (Å²) in [6, 6.07) is 14.5. The van der Waals surface area contributed by atoms with E-state index in [4.69, 9.17) is 9.26 Å². The van der Waals surface area contributed by atoms with Gasteiger partial charge in [-0.05, 0) is 63.8 Å². The molecule has 2 unspecified atom stereocenters. The van der Waals surface area contributed by atoms with Crippen LogP contribution in [0.1, 0.15) is 63.8 Å². The molecule has 2 atom stereocenters. The Balaban J connectivity index is 1.26. The third kappa shape index (κ3) is 4.68. The minimum atomic E-state index is -3.71. The zero-order valence-electron chi connectivity index (χ0n) is 21.4. The number of aromatic nitrogens is 2. The second-order valence-electron chi connectivity index (χ2n) is 11.3. The minimum Gasteiger partial charge on any atom is -0.444 e. The molecule has 0 spiro atoms. The molecule has 3 aromatic rings. The topological polar surface area (TPSA) is 86.9 Å². The molecule has 10 heteroatoms. The molecule has 0 saturated heterocycles. The van der Waals surface area contributed by atoms with E-state index in [9.17, 15) is 13.6 Å². The number of hydrogen-bond acceptors (Lipinski definition) is 7. The summed E-state index contributed by atoms with van der Waals surface area (Å²) < 4.78 is 47.3. The van der Waals surface area contributed by atoms with Crippen molar-refractivity contribution in [2.75, 3.05) is 6.54 Å². The van der Waals surface area contributed by atoms with Gasteiger partial charge in [0.1, 0.15) is 5.60 Å². The van der Waals surface area contributed by atoms with Crippen LogP contribution in [-0.2, 0) is 10.2 Å². The van der Waals surface area contributed by atoms with Crippen molar-refractivity contribution in [3.8, 4) is 23.0 Å². The van der Waals surface area contributed by atoms with E-state index >= 15 is 0 Å². The lowest BCUT2D eigenvalue weighted by molar-refractivity contribution is -0.286. The van der Waals surface area contributed by atoms with Crippen LogP contribution in [0, 0.1) is 0 Å². The summed E-state index contributed by atoms with van der Waals surface area (Å²) in [7, 11) is 0. The zero-order valence-corrected chi connectivity index (χ0v) is 21.4. The van der Waals surface area contributed by atoms with Gasteiger partial charge in [-0.2, -0.15) is 4.98 Å². The van der Waals surface area contributed by atoms with Crippen LogP contribution in [0.2, 0.25) is 0 Å². The number of rotatable bonds is 6. The fraction of sp³-hybridized carbons (Fsp3) is 0.464. The maximum atomic E-state index is 13.4. The molecular weight excluding hydrogens is 496 g/mol. The summed E-state index contributed by atoms with van der Waals surface area (Å²) in [6.07, 6.45) is -0.644. The van der Waals surface area contributed by atoms with Gasteiger partial charge in [0.15, 0.2) is 17.3 Å². The first-order valence-corrected chi connectivity index (χ1v) is 12.8. The van der Waals surface area contributed by atoms with E-state index in [-0.39, 0.29) is 35.4 Å². The smallest absolute Gasteiger partial charge is 0.444 e. The molecule has 6 rings (SSSR count). The molecule has 200 valence electrons. The third-order valence-electron chi connectivity index (χ3n) is 7.35. The van der Waals surface area contributed by atoms with Crippen LogP contribution in [0.4, 0.5) is 13.6 Å². The predicted molar refractivity (Wildman–Crippen MR) is 132 cm³/mol. The Bertz CT molecular complexity index is 1350. The van der Waals surface area contributed by atoms with Gasteiger partial charge in [0.25, 0.3) is 5.89 Å². The van der Waals surface area contributed by atoms with Crippen LogP contribution >= 0.6 is 0 Å². The van der Waals surface area contributed by atoms with Crippen molar-refractivity contribution in [1.29, 1.82) is 0 Å². The van der Waals surface area contributed by atoms with E-state index in [1.165, 1.54) is 17.7 Å². The average molecular weight is 526 g/mol. The van der Waals surface area contributed by atoms with Gasteiger partial charge >= 0.3 is 12.4 Å². The van der Waals surface area contributed by atoms with E-state index in [0.29, 0.717) is 17.9 Å². The van der Waals surface area contributed by atoms with Crippen molar-refractivity contribution in [1.82, 2.24) is 15.0 Å². The largest absolute Gasteiger partial charge is 0.586 e. The van der Waals surface area contributed by atoms with E-state index in [0.717, 1.165) is 25.7 Å². The van der Waals surface area contributed by atoms with Gasteiger partial charge in [-0.25, -0.2) is 4.79 Å². The normalized spacial score (nSPS) is 22.4. The number of fused-ring (bicyclic) bond motifs is 1. The second kappa shape index (κ2) is 8.68. The van der Waals surface area contributed by atoms with Gasteiger partial charge in [-0.1, -0.05) is 41.9 Å². The van der Waals surface area contributed by atoms with Gasteiger partial charge in [0.2, 0.25) is 0 Å². The highest BCUT2D eigenvalue weighted by molar-refractivity contribution is 5.70. The average Bonchev–Trinajstić information content (AvgIpc) is 3.32. The van der Waals surface area contributed by atoms with Crippen molar-refractivity contribution < 1.29 is 32.3 Å². The quantitative estimate of drug-likeness (QED) is 0.375. The van der Waals surface area contributed by atoms with Crippen molar-refractivity contribution in [3.63, 3.8) is 0 Å². The zero-order chi connectivity index (χ0) is 26.7. The van der Waals surface area contributed by atoms with E-state index in [1.807, 2.05) is 43.9 Å². The Morgan fingerprint density at radius 2 is 1.84 bits per heavy atom. The van der Waals surface area contributed by atoms with E-state index in [1.54, 1.807) is 6.07 Å². The summed E-state index contributed by atoms with van der Waals surface area (Å²) in [5.41, 5.74) is 0.526. The Morgan fingerprint density at radius 1 is 1.11 bits per heavy atom. The first kappa shape index (κ1) is 24.6. The number of amides is 1. The predicted octanol–water partition coefficient (Wildman–Crippen LogP) is 6.27. The summed E-state index contributed by atoms with van der Waals surface area (Å²) in [5.74, 6) is 0.771. The maximum Gasteiger partial charge on any atom is 0.586 e. The molecule has 3 aliphatic rings. The van der Waals surface area contributed by atoms with Crippen LogP contribution < -0.4 is 9.47 Å². The second-order valence-corrected chi connectivity index (χ2v) is 11.3. The number of halogens is 2. The molecule has 2 aromatic carbocycles. The van der Waals surface area contributed by atoms with E-state index in [2.05, 4.69) is 31.7 Å². The minimum absolute atomic E-state index is 0.0200. The number of benzene rings is 2. The molecule has 0 radical (unpaired) electrons. The number of carbonyl (C=O) groups excluding carboxylic acids is 1.